The fraction of sp³-hybridized carbons (Fsp3) is 0.696. The summed E-state index contributed by atoms with van der Waals surface area (Å²) in [5.41, 5.74) is 1.27. The first-order valence-corrected chi connectivity index (χ1v) is 11.3. The van der Waals surface area contributed by atoms with Gasteiger partial charge >= 0.3 is 0 Å². The van der Waals surface area contributed by atoms with Crippen LogP contribution in [0.4, 0.5) is 0 Å². The Hall–Kier alpha value is -1.63. The number of guanidine groups is 1. The van der Waals surface area contributed by atoms with Crippen molar-refractivity contribution in [3.05, 3.63) is 35.9 Å². The number of aliphatic imine (C=N–C) groups is 1. The van der Waals surface area contributed by atoms with Gasteiger partial charge in [-0.25, -0.2) is 0 Å². The highest BCUT2D eigenvalue weighted by Crippen LogP contribution is 2.33. The molecule has 4 rings (SSSR count). The molecule has 6 nitrogen and oxygen atoms in total. The Morgan fingerprint density at radius 3 is 2.62 bits per heavy atom. The lowest BCUT2D eigenvalue weighted by molar-refractivity contribution is -0.0817. The number of morpholine rings is 1. The quantitative estimate of drug-likeness (QED) is 0.607. The van der Waals surface area contributed by atoms with E-state index in [4.69, 9.17) is 19.2 Å². The third-order valence-corrected chi connectivity index (χ3v) is 6.16. The maximum atomic E-state index is 6.16. The second kappa shape index (κ2) is 10.4. The summed E-state index contributed by atoms with van der Waals surface area (Å²) in [5.74, 6) is 1.41. The number of benzene rings is 1. The second-order valence-corrected chi connectivity index (χ2v) is 8.21. The van der Waals surface area contributed by atoms with Crippen LogP contribution < -0.4 is 5.32 Å². The molecule has 6 heteroatoms. The highest BCUT2D eigenvalue weighted by molar-refractivity contribution is 5.80. The number of rotatable bonds is 5. The van der Waals surface area contributed by atoms with Gasteiger partial charge in [0.15, 0.2) is 5.96 Å². The van der Waals surface area contributed by atoms with Crippen LogP contribution >= 0.6 is 0 Å². The van der Waals surface area contributed by atoms with Gasteiger partial charge in [-0.2, -0.15) is 0 Å². The minimum Gasteiger partial charge on any atom is -0.375 e. The van der Waals surface area contributed by atoms with Crippen molar-refractivity contribution in [3.63, 3.8) is 0 Å². The molecule has 1 aromatic rings. The molecule has 4 atom stereocenters. The van der Waals surface area contributed by atoms with Gasteiger partial charge in [-0.05, 0) is 38.2 Å². The van der Waals surface area contributed by atoms with E-state index in [0.29, 0.717) is 5.92 Å². The van der Waals surface area contributed by atoms with Crippen molar-refractivity contribution in [3.8, 4) is 0 Å². The predicted molar refractivity (Wildman–Crippen MR) is 114 cm³/mol. The summed E-state index contributed by atoms with van der Waals surface area (Å²) in [4.78, 5) is 7.40. The molecule has 0 bridgehead atoms. The van der Waals surface area contributed by atoms with E-state index in [2.05, 4.69) is 47.5 Å². The van der Waals surface area contributed by atoms with Crippen LogP contribution in [0.15, 0.2) is 35.3 Å². The molecule has 0 aromatic heterocycles. The molecule has 0 saturated carbocycles. The number of hydrogen-bond donors (Lipinski definition) is 1. The van der Waals surface area contributed by atoms with E-state index in [0.717, 1.165) is 77.6 Å². The highest BCUT2D eigenvalue weighted by Gasteiger charge is 2.33. The molecule has 1 aromatic carbocycles. The highest BCUT2D eigenvalue weighted by atomic mass is 16.5. The van der Waals surface area contributed by atoms with Gasteiger partial charge in [0.25, 0.3) is 0 Å². The van der Waals surface area contributed by atoms with Crippen LogP contribution in [0.2, 0.25) is 0 Å². The van der Waals surface area contributed by atoms with E-state index < -0.39 is 0 Å². The molecule has 3 aliphatic heterocycles. The SMILES string of the molecule is CCNC(=NCC1CCCOC1c1ccccc1)N1CCOC(C2CCCO2)C1. The molecule has 3 aliphatic rings. The minimum atomic E-state index is 0.140. The maximum absolute atomic E-state index is 6.16. The molecule has 3 fully saturated rings. The van der Waals surface area contributed by atoms with Gasteiger partial charge in [-0.1, -0.05) is 30.3 Å². The summed E-state index contributed by atoms with van der Waals surface area (Å²) in [6.07, 6.45) is 5.02. The third kappa shape index (κ3) is 5.30. The first kappa shape index (κ1) is 20.6. The fourth-order valence-electron chi connectivity index (χ4n) is 4.66. The minimum absolute atomic E-state index is 0.140. The number of nitrogens with zero attached hydrogens (tertiary/aromatic N) is 2. The van der Waals surface area contributed by atoms with Gasteiger partial charge < -0.3 is 24.4 Å². The molecule has 0 aliphatic carbocycles. The molecule has 0 spiro atoms. The predicted octanol–water partition coefficient (Wildman–Crippen LogP) is 3.00. The van der Waals surface area contributed by atoms with Crippen LogP contribution in [-0.2, 0) is 14.2 Å². The van der Waals surface area contributed by atoms with E-state index in [1.165, 1.54) is 5.56 Å². The number of ether oxygens (including phenoxy) is 3. The normalized spacial score (nSPS) is 31.1. The average Bonchev–Trinajstić information content (AvgIpc) is 3.33. The molecule has 4 unspecified atom stereocenters. The zero-order valence-electron chi connectivity index (χ0n) is 17.6. The largest absolute Gasteiger partial charge is 0.375 e. The van der Waals surface area contributed by atoms with Crippen LogP contribution in [0, 0.1) is 5.92 Å². The standard InChI is InChI=1S/C23H35N3O3/c1-2-24-23(26-12-15-28-21(17-26)20-11-7-13-27-20)25-16-19-10-6-14-29-22(19)18-8-4-3-5-9-18/h3-5,8-9,19-22H,2,6-7,10-17H2,1H3,(H,24,25). The van der Waals surface area contributed by atoms with Crippen molar-refractivity contribution in [1.29, 1.82) is 0 Å². The van der Waals surface area contributed by atoms with Crippen molar-refractivity contribution in [2.45, 2.75) is 50.9 Å². The molecule has 0 amide bonds. The molecule has 160 valence electrons. The summed E-state index contributed by atoms with van der Waals surface area (Å²) in [6.45, 7) is 7.93. The lowest BCUT2D eigenvalue weighted by Gasteiger charge is -2.37. The Balaban J connectivity index is 1.43. The van der Waals surface area contributed by atoms with Crippen molar-refractivity contribution in [2.24, 2.45) is 10.9 Å². The first-order chi connectivity index (χ1) is 14.3. The van der Waals surface area contributed by atoms with Crippen molar-refractivity contribution >= 4 is 5.96 Å². The third-order valence-electron chi connectivity index (χ3n) is 6.16. The molecule has 0 radical (unpaired) electrons. The lowest BCUT2D eigenvalue weighted by atomic mass is 9.89. The summed E-state index contributed by atoms with van der Waals surface area (Å²) in [5, 5.41) is 3.50. The molecular formula is C23H35N3O3. The van der Waals surface area contributed by atoms with Gasteiger partial charge in [0.05, 0.1) is 18.8 Å². The topological polar surface area (TPSA) is 55.3 Å². The fourth-order valence-corrected chi connectivity index (χ4v) is 4.66. The first-order valence-electron chi connectivity index (χ1n) is 11.3. The van der Waals surface area contributed by atoms with Crippen LogP contribution in [0.3, 0.4) is 0 Å². The Labute approximate surface area is 174 Å². The van der Waals surface area contributed by atoms with E-state index in [9.17, 15) is 0 Å². The molecular weight excluding hydrogens is 366 g/mol. The Bertz CT molecular complexity index is 648. The smallest absolute Gasteiger partial charge is 0.194 e. The van der Waals surface area contributed by atoms with Gasteiger partial charge in [-0.15, -0.1) is 0 Å². The van der Waals surface area contributed by atoms with Gasteiger partial charge in [-0.3, -0.25) is 4.99 Å². The number of nitrogens with one attached hydrogen (secondary N) is 1. The lowest BCUT2D eigenvalue weighted by Crippen LogP contribution is -2.53. The maximum Gasteiger partial charge on any atom is 0.194 e. The summed E-state index contributed by atoms with van der Waals surface area (Å²) in [7, 11) is 0. The average molecular weight is 402 g/mol. The summed E-state index contributed by atoms with van der Waals surface area (Å²) < 4.78 is 18.0. The Morgan fingerprint density at radius 1 is 1.03 bits per heavy atom. The number of hydrogen-bond acceptors (Lipinski definition) is 4. The zero-order chi connectivity index (χ0) is 19.9. The van der Waals surface area contributed by atoms with Gasteiger partial charge in [0, 0.05) is 45.3 Å². The van der Waals surface area contributed by atoms with Crippen molar-refractivity contribution in [1.82, 2.24) is 10.2 Å². The molecule has 3 saturated heterocycles. The van der Waals surface area contributed by atoms with E-state index in [1.807, 2.05) is 0 Å². The molecule has 1 N–H and O–H groups in total. The van der Waals surface area contributed by atoms with Crippen LogP contribution in [0.1, 0.15) is 44.3 Å². The Kier molecular flexibility index (Phi) is 7.41. The monoisotopic (exact) mass is 401 g/mol. The second-order valence-electron chi connectivity index (χ2n) is 8.21. The van der Waals surface area contributed by atoms with Crippen LogP contribution in [0.5, 0.6) is 0 Å². The summed E-state index contributed by atoms with van der Waals surface area (Å²) in [6, 6.07) is 10.6. The zero-order valence-corrected chi connectivity index (χ0v) is 17.6. The van der Waals surface area contributed by atoms with Crippen LogP contribution in [-0.4, -0.2) is 69.1 Å². The van der Waals surface area contributed by atoms with E-state index in [1.54, 1.807) is 0 Å². The van der Waals surface area contributed by atoms with E-state index in [-0.39, 0.29) is 18.3 Å². The summed E-state index contributed by atoms with van der Waals surface area (Å²) >= 11 is 0. The van der Waals surface area contributed by atoms with Crippen molar-refractivity contribution < 1.29 is 14.2 Å². The molecule has 29 heavy (non-hydrogen) atoms. The van der Waals surface area contributed by atoms with Crippen LogP contribution in [0.25, 0.3) is 0 Å². The van der Waals surface area contributed by atoms with E-state index >= 15 is 0 Å². The Morgan fingerprint density at radius 2 is 1.83 bits per heavy atom. The van der Waals surface area contributed by atoms with Gasteiger partial charge in [0.2, 0.25) is 0 Å². The van der Waals surface area contributed by atoms with Gasteiger partial charge in [0.1, 0.15) is 6.10 Å². The molecule has 3 heterocycles. The van der Waals surface area contributed by atoms with Crippen molar-refractivity contribution in [2.75, 3.05) is 46.0 Å².